The summed E-state index contributed by atoms with van der Waals surface area (Å²) in [5.41, 5.74) is 2.95. The van der Waals surface area contributed by atoms with Gasteiger partial charge < -0.3 is 9.64 Å². The number of fused-ring (bicyclic) bond motifs is 1. The molecule has 3 aliphatic rings. The monoisotopic (exact) mass is 439 g/mol. The first kappa shape index (κ1) is 21.4. The third-order valence-electron chi connectivity index (χ3n) is 7.58. The number of carbonyl (C=O) groups is 2. The topological polar surface area (TPSA) is 79.2 Å². The van der Waals surface area contributed by atoms with Gasteiger partial charge in [-0.15, -0.1) is 0 Å². The van der Waals surface area contributed by atoms with Gasteiger partial charge in [-0.1, -0.05) is 0 Å². The summed E-state index contributed by atoms with van der Waals surface area (Å²) in [6.07, 6.45) is 10.4. The Morgan fingerprint density at radius 3 is 2.78 bits per heavy atom. The molecule has 32 heavy (non-hydrogen) atoms. The van der Waals surface area contributed by atoms with Gasteiger partial charge in [-0.05, 0) is 75.1 Å². The lowest BCUT2D eigenvalue weighted by molar-refractivity contribution is -0.120. The number of aromatic nitrogens is 2. The number of amides is 3. The number of hydrogen-bond acceptors (Lipinski definition) is 5. The van der Waals surface area contributed by atoms with Gasteiger partial charge in [0.2, 0.25) is 5.91 Å². The van der Waals surface area contributed by atoms with Gasteiger partial charge in [0.25, 0.3) is 0 Å². The Morgan fingerprint density at radius 1 is 1.19 bits per heavy atom. The number of hydrogen-bond donors (Lipinski definition) is 1. The predicted octanol–water partition coefficient (Wildman–Crippen LogP) is 2.85. The summed E-state index contributed by atoms with van der Waals surface area (Å²) in [5, 5.41) is 6.80. The van der Waals surface area contributed by atoms with Gasteiger partial charge in [-0.3, -0.25) is 15.0 Å². The van der Waals surface area contributed by atoms with Crippen LogP contribution in [0, 0.1) is 11.8 Å². The normalized spacial score (nSPS) is 29.2. The van der Waals surface area contributed by atoms with E-state index in [0.29, 0.717) is 31.0 Å². The number of nitrogens with zero attached hydrogens (tertiary/aromatic N) is 4. The summed E-state index contributed by atoms with van der Waals surface area (Å²) in [6.45, 7) is 5.13. The van der Waals surface area contributed by atoms with E-state index in [0.717, 1.165) is 23.5 Å². The van der Waals surface area contributed by atoms with E-state index in [1.54, 1.807) is 15.6 Å². The van der Waals surface area contributed by atoms with Crippen LogP contribution in [0.3, 0.4) is 0 Å². The Bertz CT molecular complexity index is 999. The second-order valence-electron chi connectivity index (χ2n) is 9.78. The summed E-state index contributed by atoms with van der Waals surface area (Å²) in [6, 6.07) is 4.53. The lowest BCUT2D eigenvalue weighted by Gasteiger charge is -2.43. The van der Waals surface area contributed by atoms with Crippen LogP contribution in [0.5, 0.6) is 0 Å². The lowest BCUT2D eigenvalue weighted by Crippen LogP contribution is -2.49. The number of rotatable bonds is 6. The van der Waals surface area contributed by atoms with Gasteiger partial charge in [0.1, 0.15) is 0 Å². The van der Waals surface area contributed by atoms with Crippen LogP contribution in [0.25, 0.3) is 5.52 Å². The van der Waals surface area contributed by atoms with E-state index in [1.807, 2.05) is 13.3 Å². The van der Waals surface area contributed by atoms with E-state index in [1.165, 1.54) is 44.3 Å². The van der Waals surface area contributed by atoms with Crippen LogP contribution in [-0.2, 0) is 16.0 Å². The molecule has 8 heteroatoms. The fraction of sp³-hybridized carbons (Fsp3) is 0.625. The van der Waals surface area contributed by atoms with Crippen LogP contribution in [0.15, 0.2) is 24.5 Å². The molecule has 0 spiro atoms. The fourth-order valence-corrected chi connectivity index (χ4v) is 5.60. The van der Waals surface area contributed by atoms with Crippen LogP contribution >= 0.6 is 0 Å². The number of pyridine rings is 1. The maximum absolute atomic E-state index is 12.3. The van der Waals surface area contributed by atoms with E-state index >= 15 is 0 Å². The van der Waals surface area contributed by atoms with Crippen molar-refractivity contribution in [1.29, 1.82) is 0 Å². The quantitative estimate of drug-likeness (QED) is 0.749. The first-order valence-corrected chi connectivity index (χ1v) is 11.8. The number of likely N-dealkylation sites (tertiary alicyclic amines) is 1. The van der Waals surface area contributed by atoms with Gasteiger partial charge in [-0.2, -0.15) is 5.10 Å². The summed E-state index contributed by atoms with van der Waals surface area (Å²) in [4.78, 5) is 28.1. The molecule has 0 radical (unpaired) electrons. The van der Waals surface area contributed by atoms with E-state index in [2.05, 4.69) is 34.4 Å². The lowest BCUT2D eigenvalue weighted by atomic mass is 9.80. The Hall–Kier alpha value is -2.45. The van der Waals surface area contributed by atoms with Gasteiger partial charge in [0.15, 0.2) is 0 Å². The van der Waals surface area contributed by atoms with Gasteiger partial charge in [-0.25, -0.2) is 9.31 Å². The number of anilines is 1. The van der Waals surface area contributed by atoms with E-state index < -0.39 is 0 Å². The van der Waals surface area contributed by atoms with Gasteiger partial charge >= 0.3 is 6.03 Å². The van der Waals surface area contributed by atoms with Crippen molar-refractivity contribution >= 4 is 23.1 Å². The smallest absolute Gasteiger partial charge is 0.328 e. The molecule has 3 fully saturated rings. The zero-order chi connectivity index (χ0) is 22.2. The molecule has 2 saturated heterocycles. The second kappa shape index (κ2) is 8.83. The highest BCUT2D eigenvalue weighted by molar-refractivity contribution is 6.07. The minimum atomic E-state index is -0.369. The van der Waals surface area contributed by atoms with Crippen molar-refractivity contribution in [1.82, 2.24) is 19.8 Å². The number of methoxy groups -OCH3 is 1. The molecule has 0 bridgehead atoms. The molecule has 4 heterocycles. The summed E-state index contributed by atoms with van der Waals surface area (Å²) in [7, 11) is 1.82. The summed E-state index contributed by atoms with van der Waals surface area (Å²) < 4.78 is 7.24. The number of carbonyl (C=O) groups excluding carboxylic acids is 2. The van der Waals surface area contributed by atoms with Crippen LogP contribution in [0.4, 0.5) is 10.5 Å². The molecule has 5 rings (SSSR count). The first-order valence-electron chi connectivity index (χ1n) is 11.8. The molecule has 2 aromatic rings. The highest BCUT2D eigenvalue weighted by atomic mass is 16.5. The number of imide groups is 1. The molecular formula is C24H33N5O3. The molecule has 0 aromatic carbocycles. The molecule has 1 aliphatic carbocycles. The third kappa shape index (κ3) is 4.26. The van der Waals surface area contributed by atoms with Crippen molar-refractivity contribution in [2.75, 3.05) is 31.6 Å². The zero-order valence-corrected chi connectivity index (χ0v) is 19.0. The standard InChI is InChI=1S/C24H33N5O3/c1-16-9-17(3-6-27(16)15-19-11-20(12-19)32-2)10-18-4-8-29-21(13-18)22(14-25-29)28-7-5-23(30)26-24(28)31/h4,8,13-14,16-17,19-20H,3,5-7,9-12,15H2,1-2H3,(H,26,30,31)/t16-,17+,19?,20?/m0/s1. The van der Waals surface area contributed by atoms with Crippen LogP contribution in [0.2, 0.25) is 0 Å². The number of piperidine rings is 1. The van der Waals surface area contributed by atoms with Crippen LogP contribution in [0.1, 0.15) is 44.6 Å². The van der Waals surface area contributed by atoms with Crippen molar-refractivity contribution in [3.8, 4) is 0 Å². The SMILES string of the molecule is COC1CC(CN2CC[C@@H](Cc3ccn4ncc(N5CCC(=O)NC5=O)c4c3)C[C@@H]2C)C1. The maximum Gasteiger partial charge on any atom is 0.328 e. The van der Waals surface area contributed by atoms with Crippen molar-refractivity contribution in [2.45, 2.75) is 57.6 Å². The van der Waals surface area contributed by atoms with E-state index in [4.69, 9.17) is 4.74 Å². The van der Waals surface area contributed by atoms with Crippen molar-refractivity contribution in [2.24, 2.45) is 11.8 Å². The van der Waals surface area contributed by atoms with Crippen LogP contribution in [-0.4, -0.2) is 65.3 Å². The highest BCUT2D eigenvalue weighted by Gasteiger charge is 2.33. The maximum atomic E-state index is 12.3. The fourth-order valence-electron chi connectivity index (χ4n) is 5.60. The Balaban J connectivity index is 1.22. The predicted molar refractivity (Wildman–Crippen MR) is 122 cm³/mol. The zero-order valence-electron chi connectivity index (χ0n) is 19.0. The average Bonchev–Trinajstić information content (AvgIpc) is 3.15. The van der Waals surface area contributed by atoms with E-state index in [9.17, 15) is 9.59 Å². The minimum absolute atomic E-state index is 0.223. The largest absolute Gasteiger partial charge is 0.381 e. The van der Waals surface area contributed by atoms with Crippen molar-refractivity contribution in [3.05, 3.63) is 30.1 Å². The second-order valence-corrected chi connectivity index (χ2v) is 9.78. The molecule has 2 aromatic heterocycles. The molecule has 1 saturated carbocycles. The molecule has 2 atom stereocenters. The molecule has 0 unspecified atom stereocenters. The molecule has 2 aliphatic heterocycles. The van der Waals surface area contributed by atoms with Crippen LogP contribution < -0.4 is 10.2 Å². The molecular weight excluding hydrogens is 406 g/mol. The van der Waals surface area contributed by atoms with Crippen molar-refractivity contribution < 1.29 is 14.3 Å². The van der Waals surface area contributed by atoms with E-state index in [-0.39, 0.29) is 11.9 Å². The number of nitrogens with one attached hydrogen (secondary N) is 1. The first-order chi connectivity index (χ1) is 15.5. The summed E-state index contributed by atoms with van der Waals surface area (Å²) in [5.74, 6) is 1.24. The third-order valence-corrected chi connectivity index (χ3v) is 7.58. The Kier molecular flexibility index (Phi) is 5.90. The molecule has 3 amide bonds. The van der Waals surface area contributed by atoms with Gasteiger partial charge in [0.05, 0.1) is 23.5 Å². The van der Waals surface area contributed by atoms with Crippen molar-refractivity contribution in [3.63, 3.8) is 0 Å². The Morgan fingerprint density at radius 2 is 2.03 bits per heavy atom. The average molecular weight is 440 g/mol. The number of urea groups is 1. The summed E-state index contributed by atoms with van der Waals surface area (Å²) >= 11 is 0. The number of ether oxygens (including phenoxy) is 1. The highest BCUT2D eigenvalue weighted by Crippen LogP contribution is 2.34. The Labute approximate surface area is 188 Å². The molecule has 8 nitrogen and oxygen atoms in total. The minimum Gasteiger partial charge on any atom is -0.381 e. The van der Waals surface area contributed by atoms with Gasteiger partial charge in [0, 0.05) is 38.9 Å². The molecule has 172 valence electrons. The molecule has 1 N–H and O–H groups in total.